The Morgan fingerprint density at radius 3 is 2.83 bits per heavy atom. The number of nitrogens with zero attached hydrogens (tertiary/aromatic N) is 3. The van der Waals surface area contributed by atoms with Gasteiger partial charge in [0.2, 0.25) is 0 Å². The zero-order valence-electron chi connectivity index (χ0n) is 15.1. The summed E-state index contributed by atoms with van der Waals surface area (Å²) >= 11 is 0. The average molecular weight is 333 g/mol. The number of amides is 2. The highest BCUT2D eigenvalue weighted by atomic mass is 16.2. The minimum Gasteiger partial charge on any atom is -0.338 e. The number of carbonyl (C=O) groups excluding carboxylic acids is 1. The predicted octanol–water partition coefficient (Wildman–Crippen LogP) is 2.28. The first-order valence-corrected chi connectivity index (χ1v) is 9.43. The highest BCUT2D eigenvalue weighted by molar-refractivity contribution is 5.74. The SMILES string of the molecule is CCn1cc(CN2CC[C@H](CNC(=O)NC3CCCC3)C2)c(C)n1. The molecule has 6 nitrogen and oxygen atoms in total. The first kappa shape index (κ1) is 17.3. The van der Waals surface area contributed by atoms with Crippen LogP contribution in [0.15, 0.2) is 6.20 Å². The third-order valence-electron chi connectivity index (χ3n) is 5.38. The molecule has 1 aliphatic heterocycles. The maximum absolute atomic E-state index is 12.0. The average Bonchev–Trinajstić information content (AvgIpc) is 3.29. The van der Waals surface area contributed by atoms with Crippen molar-refractivity contribution in [1.82, 2.24) is 25.3 Å². The molecule has 0 bridgehead atoms. The van der Waals surface area contributed by atoms with Crippen LogP contribution in [0.2, 0.25) is 0 Å². The number of carbonyl (C=O) groups is 1. The van der Waals surface area contributed by atoms with Crippen molar-refractivity contribution in [1.29, 1.82) is 0 Å². The van der Waals surface area contributed by atoms with Crippen LogP contribution in [0.3, 0.4) is 0 Å². The number of urea groups is 1. The summed E-state index contributed by atoms with van der Waals surface area (Å²) < 4.78 is 2.01. The van der Waals surface area contributed by atoms with Crippen molar-refractivity contribution in [3.8, 4) is 0 Å². The minimum absolute atomic E-state index is 0.0143. The lowest BCUT2D eigenvalue weighted by Crippen LogP contribution is -2.42. The van der Waals surface area contributed by atoms with E-state index in [9.17, 15) is 4.79 Å². The van der Waals surface area contributed by atoms with Crippen LogP contribution in [-0.4, -0.2) is 46.4 Å². The van der Waals surface area contributed by atoms with Gasteiger partial charge in [-0.2, -0.15) is 5.10 Å². The first-order chi connectivity index (χ1) is 11.6. The van der Waals surface area contributed by atoms with Gasteiger partial charge in [-0.3, -0.25) is 9.58 Å². The first-order valence-electron chi connectivity index (χ1n) is 9.43. The Hall–Kier alpha value is -1.56. The van der Waals surface area contributed by atoms with E-state index in [4.69, 9.17) is 0 Å². The molecule has 1 aromatic heterocycles. The summed E-state index contributed by atoms with van der Waals surface area (Å²) in [5.41, 5.74) is 2.46. The molecule has 0 spiro atoms. The van der Waals surface area contributed by atoms with E-state index in [2.05, 4.69) is 40.7 Å². The molecule has 0 radical (unpaired) electrons. The van der Waals surface area contributed by atoms with Crippen LogP contribution in [0, 0.1) is 12.8 Å². The van der Waals surface area contributed by atoms with Gasteiger partial charge in [0.05, 0.1) is 5.69 Å². The van der Waals surface area contributed by atoms with Crippen molar-refractivity contribution in [2.45, 2.75) is 65.1 Å². The second kappa shape index (κ2) is 8.01. The summed E-state index contributed by atoms with van der Waals surface area (Å²) in [7, 11) is 0. The normalized spacial score (nSPS) is 22.2. The molecule has 2 amide bonds. The molecule has 0 unspecified atom stereocenters. The van der Waals surface area contributed by atoms with Crippen LogP contribution < -0.4 is 10.6 Å². The minimum atomic E-state index is 0.0143. The summed E-state index contributed by atoms with van der Waals surface area (Å²) in [5, 5.41) is 10.7. The van der Waals surface area contributed by atoms with Crippen LogP contribution in [0.4, 0.5) is 4.79 Å². The van der Waals surface area contributed by atoms with E-state index in [1.807, 2.05) is 4.68 Å². The van der Waals surface area contributed by atoms with Gasteiger partial charge < -0.3 is 10.6 Å². The summed E-state index contributed by atoms with van der Waals surface area (Å²) in [6.45, 7) is 9.03. The van der Waals surface area contributed by atoms with E-state index >= 15 is 0 Å². The summed E-state index contributed by atoms with van der Waals surface area (Å²) in [6, 6.07) is 0.406. The number of hydrogen-bond donors (Lipinski definition) is 2. The van der Waals surface area contributed by atoms with Gasteiger partial charge in [-0.25, -0.2) is 4.79 Å². The van der Waals surface area contributed by atoms with Gasteiger partial charge in [0.15, 0.2) is 0 Å². The number of rotatable bonds is 6. The number of aryl methyl sites for hydroxylation is 2. The Labute approximate surface area is 145 Å². The van der Waals surface area contributed by atoms with E-state index < -0.39 is 0 Å². The van der Waals surface area contributed by atoms with Crippen molar-refractivity contribution in [3.63, 3.8) is 0 Å². The van der Waals surface area contributed by atoms with E-state index in [0.717, 1.165) is 57.7 Å². The molecule has 1 aromatic rings. The smallest absolute Gasteiger partial charge is 0.315 e. The molecular weight excluding hydrogens is 302 g/mol. The van der Waals surface area contributed by atoms with Gasteiger partial charge in [-0.05, 0) is 45.6 Å². The molecule has 24 heavy (non-hydrogen) atoms. The van der Waals surface area contributed by atoms with Crippen molar-refractivity contribution in [2.75, 3.05) is 19.6 Å². The molecule has 2 aliphatic rings. The maximum atomic E-state index is 12.0. The molecule has 6 heteroatoms. The monoisotopic (exact) mass is 333 g/mol. The summed E-state index contributed by atoms with van der Waals surface area (Å²) in [6.07, 6.45) is 8.08. The van der Waals surface area contributed by atoms with Gasteiger partial charge in [0, 0.05) is 44.0 Å². The van der Waals surface area contributed by atoms with Gasteiger partial charge in [0.25, 0.3) is 0 Å². The molecule has 134 valence electrons. The van der Waals surface area contributed by atoms with Crippen molar-refractivity contribution < 1.29 is 4.79 Å². The molecule has 1 aliphatic carbocycles. The van der Waals surface area contributed by atoms with Gasteiger partial charge >= 0.3 is 6.03 Å². The zero-order chi connectivity index (χ0) is 16.9. The second-order valence-corrected chi connectivity index (χ2v) is 7.32. The third kappa shape index (κ3) is 4.50. The fraction of sp³-hybridized carbons (Fsp3) is 0.778. The Bertz CT molecular complexity index is 550. The Morgan fingerprint density at radius 1 is 1.33 bits per heavy atom. The highest BCUT2D eigenvalue weighted by Crippen LogP contribution is 2.20. The summed E-state index contributed by atoms with van der Waals surface area (Å²) in [5.74, 6) is 0.556. The molecule has 3 rings (SSSR count). The predicted molar refractivity (Wildman–Crippen MR) is 94.8 cm³/mol. The van der Waals surface area contributed by atoms with Crippen molar-refractivity contribution in [2.24, 2.45) is 5.92 Å². The molecule has 0 aromatic carbocycles. The molecule has 2 fully saturated rings. The van der Waals surface area contributed by atoms with Crippen LogP contribution in [-0.2, 0) is 13.1 Å². The van der Waals surface area contributed by atoms with Crippen molar-refractivity contribution >= 4 is 6.03 Å². The van der Waals surface area contributed by atoms with E-state index in [1.54, 1.807) is 0 Å². The largest absolute Gasteiger partial charge is 0.338 e. The topological polar surface area (TPSA) is 62.2 Å². The van der Waals surface area contributed by atoms with Crippen molar-refractivity contribution in [3.05, 3.63) is 17.5 Å². The fourth-order valence-corrected chi connectivity index (χ4v) is 3.88. The quantitative estimate of drug-likeness (QED) is 0.839. The maximum Gasteiger partial charge on any atom is 0.315 e. The Morgan fingerprint density at radius 2 is 2.12 bits per heavy atom. The third-order valence-corrected chi connectivity index (χ3v) is 5.38. The lowest BCUT2D eigenvalue weighted by atomic mass is 10.1. The van der Waals surface area contributed by atoms with Gasteiger partial charge in [-0.1, -0.05) is 12.8 Å². The molecule has 1 saturated heterocycles. The van der Waals surface area contributed by atoms with Crippen LogP contribution in [0.25, 0.3) is 0 Å². The number of likely N-dealkylation sites (tertiary alicyclic amines) is 1. The summed E-state index contributed by atoms with van der Waals surface area (Å²) in [4.78, 5) is 14.4. The van der Waals surface area contributed by atoms with Crippen LogP contribution in [0.1, 0.15) is 50.3 Å². The lowest BCUT2D eigenvalue weighted by molar-refractivity contribution is 0.234. The van der Waals surface area contributed by atoms with Crippen LogP contribution in [0.5, 0.6) is 0 Å². The van der Waals surface area contributed by atoms with Gasteiger partial charge in [0.1, 0.15) is 0 Å². The number of aromatic nitrogens is 2. The molecule has 1 atom stereocenters. The Balaban J connectivity index is 1.38. The van der Waals surface area contributed by atoms with E-state index in [-0.39, 0.29) is 6.03 Å². The standard InChI is InChI=1S/C18H31N5O/c1-3-23-13-16(14(2)21-23)12-22-9-8-15(11-22)10-19-18(24)20-17-6-4-5-7-17/h13,15,17H,3-12H2,1-2H3,(H2,19,20,24)/t15-/m1/s1. The molecule has 2 heterocycles. The number of hydrogen-bond acceptors (Lipinski definition) is 3. The lowest BCUT2D eigenvalue weighted by Gasteiger charge is -2.17. The molecule has 1 saturated carbocycles. The van der Waals surface area contributed by atoms with E-state index in [1.165, 1.54) is 18.4 Å². The fourth-order valence-electron chi connectivity index (χ4n) is 3.88. The number of nitrogens with one attached hydrogen (secondary N) is 2. The van der Waals surface area contributed by atoms with Crippen LogP contribution >= 0.6 is 0 Å². The second-order valence-electron chi connectivity index (χ2n) is 7.32. The molecule has 2 N–H and O–H groups in total. The Kier molecular flexibility index (Phi) is 5.76. The van der Waals surface area contributed by atoms with Gasteiger partial charge in [-0.15, -0.1) is 0 Å². The molecular formula is C18H31N5O. The van der Waals surface area contributed by atoms with E-state index in [0.29, 0.717) is 12.0 Å². The highest BCUT2D eigenvalue weighted by Gasteiger charge is 2.24. The zero-order valence-corrected chi connectivity index (χ0v) is 15.1.